The first-order chi connectivity index (χ1) is 14.6. The number of halogens is 2. The average molecular weight is 500 g/mol. The molecule has 1 amide bonds. The Hall–Kier alpha value is -2.07. The highest BCUT2D eigenvalue weighted by Gasteiger charge is 2.23. The van der Waals surface area contributed by atoms with Crippen molar-refractivity contribution in [1.82, 2.24) is 9.88 Å². The van der Waals surface area contributed by atoms with Gasteiger partial charge in [-0.2, -0.15) is 0 Å². The molecule has 2 aromatic carbocycles. The number of sulfone groups is 1. The molecule has 0 N–H and O–H groups in total. The van der Waals surface area contributed by atoms with Crippen LogP contribution < -0.4 is 4.90 Å². The molecule has 3 aromatic rings. The van der Waals surface area contributed by atoms with Crippen LogP contribution in [0.15, 0.2) is 41.3 Å². The molecule has 174 valence electrons. The van der Waals surface area contributed by atoms with Crippen molar-refractivity contribution in [1.29, 1.82) is 0 Å². The summed E-state index contributed by atoms with van der Waals surface area (Å²) < 4.78 is 39.3. The zero-order valence-corrected chi connectivity index (χ0v) is 20.9. The molecule has 6 nitrogen and oxygen atoms in total. The summed E-state index contributed by atoms with van der Waals surface area (Å²) >= 11 is 1.43. The highest BCUT2D eigenvalue weighted by molar-refractivity contribution is 7.91. The minimum Gasteiger partial charge on any atom is -0.308 e. The van der Waals surface area contributed by atoms with E-state index in [-0.39, 0.29) is 35.4 Å². The standard InChI is InChI=1S/C22H26FN3O3S2.ClH/c1-15-13-16(2)21-19(14-15)30-22(24-21)26(11-10-25(3)4)20(27)9-12-31(28,29)18-7-5-17(23)6-8-18;/h5-8,13-14H,9-12H2,1-4H3;1H. The summed E-state index contributed by atoms with van der Waals surface area (Å²) in [6, 6.07) is 8.73. The first-order valence-electron chi connectivity index (χ1n) is 9.88. The van der Waals surface area contributed by atoms with Gasteiger partial charge in [-0.3, -0.25) is 9.69 Å². The van der Waals surface area contributed by atoms with Crippen molar-refractivity contribution in [3.63, 3.8) is 0 Å². The lowest BCUT2D eigenvalue weighted by Crippen LogP contribution is -2.37. The fourth-order valence-corrected chi connectivity index (χ4v) is 5.63. The minimum atomic E-state index is -3.70. The molecule has 0 radical (unpaired) electrons. The second-order valence-electron chi connectivity index (χ2n) is 7.80. The molecule has 0 unspecified atom stereocenters. The van der Waals surface area contributed by atoms with Gasteiger partial charge in [-0.15, -0.1) is 12.4 Å². The number of carbonyl (C=O) groups excluding carboxylic acids is 1. The number of nitrogens with zero attached hydrogens (tertiary/aromatic N) is 3. The van der Waals surface area contributed by atoms with Crippen molar-refractivity contribution in [3.8, 4) is 0 Å². The molecule has 1 heterocycles. The molecule has 10 heteroatoms. The van der Waals surface area contributed by atoms with Gasteiger partial charge in [-0.25, -0.2) is 17.8 Å². The van der Waals surface area contributed by atoms with E-state index in [1.54, 1.807) is 4.90 Å². The Balaban J connectivity index is 0.00000363. The van der Waals surface area contributed by atoms with E-state index in [0.29, 0.717) is 18.2 Å². The van der Waals surface area contributed by atoms with Gasteiger partial charge < -0.3 is 4.90 Å². The summed E-state index contributed by atoms with van der Waals surface area (Å²) in [5.41, 5.74) is 3.01. The summed E-state index contributed by atoms with van der Waals surface area (Å²) in [6.07, 6.45) is -0.179. The predicted octanol–water partition coefficient (Wildman–Crippen LogP) is 4.23. The number of aromatic nitrogens is 1. The molecule has 0 spiro atoms. The SMILES string of the molecule is Cc1cc(C)c2nc(N(CCN(C)C)C(=O)CCS(=O)(=O)c3ccc(F)cc3)sc2c1.Cl. The number of thiazole rings is 1. The Kier molecular flexibility index (Phi) is 8.75. The maximum Gasteiger partial charge on any atom is 0.229 e. The van der Waals surface area contributed by atoms with Crippen molar-refractivity contribution < 1.29 is 17.6 Å². The number of likely N-dealkylation sites (N-methyl/N-ethyl adjacent to an activating group) is 1. The molecule has 32 heavy (non-hydrogen) atoms. The molecule has 0 bridgehead atoms. The fourth-order valence-electron chi connectivity index (χ4n) is 3.22. The van der Waals surface area contributed by atoms with Crippen LogP contribution >= 0.6 is 23.7 Å². The van der Waals surface area contributed by atoms with Crippen LogP contribution in [-0.4, -0.2) is 57.1 Å². The van der Waals surface area contributed by atoms with Crippen LogP contribution in [0.25, 0.3) is 10.2 Å². The summed E-state index contributed by atoms with van der Waals surface area (Å²) in [5.74, 6) is -1.16. The van der Waals surface area contributed by atoms with Gasteiger partial charge in [0.15, 0.2) is 15.0 Å². The molecule has 0 aliphatic rings. The Morgan fingerprint density at radius 3 is 2.38 bits per heavy atom. The second kappa shape index (κ2) is 10.7. The maximum absolute atomic E-state index is 13.1. The Morgan fingerprint density at radius 2 is 1.75 bits per heavy atom. The van der Waals surface area contributed by atoms with Gasteiger partial charge in [-0.1, -0.05) is 17.4 Å². The van der Waals surface area contributed by atoms with Crippen LogP contribution in [0.4, 0.5) is 9.52 Å². The number of fused-ring (bicyclic) bond motifs is 1. The van der Waals surface area contributed by atoms with Gasteiger partial charge in [0.2, 0.25) is 5.91 Å². The summed E-state index contributed by atoms with van der Waals surface area (Å²) in [7, 11) is 0.123. The Bertz CT molecular complexity index is 1200. The highest BCUT2D eigenvalue weighted by Crippen LogP contribution is 2.32. The lowest BCUT2D eigenvalue weighted by Gasteiger charge is -2.22. The van der Waals surface area contributed by atoms with Crippen molar-refractivity contribution in [3.05, 3.63) is 53.3 Å². The molecule has 0 aliphatic heterocycles. The molecule has 3 rings (SSSR count). The van der Waals surface area contributed by atoms with Gasteiger partial charge in [0.05, 0.1) is 20.9 Å². The first kappa shape index (κ1) is 26.2. The van der Waals surface area contributed by atoms with Crippen LogP contribution in [0, 0.1) is 19.7 Å². The van der Waals surface area contributed by atoms with Crippen LogP contribution in [0.1, 0.15) is 17.5 Å². The lowest BCUT2D eigenvalue weighted by atomic mass is 10.1. The smallest absolute Gasteiger partial charge is 0.229 e. The van der Waals surface area contributed by atoms with Crippen molar-refractivity contribution in [2.24, 2.45) is 0 Å². The maximum atomic E-state index is 13.1. The van der Waals surface area contributed by atoms with E-state index in [1.807, 2.05) is 45.0 Å². The lowest BCUT2D eigenvalue weighted by molar-refractivity contribution is -0.118. The van der Waals surface area contributed by atoms with Crippen LogP contribution in [0.5, 0.6) is 0 Å². The number of rotatable bonds is 8. The van der Waals surface area contributed by atoms with Crippen molar-refractivity contribution in [2.75, 3.05) is 37.8 Å². The normalized spacial score (nSPS) is 11.6. The first-order valence-corrected chi connectivity index (χ1v) is 12.3. The molecular weight excluding hydrogens is 473 g/mol. The van der Waals surface area contributed by atoms with Crippen molar-refractivity contribution in [2.45, 2.75) is 25.2 Å². The Morgan fingerprint density at radius 1 is 1.09 bits per heavy atom. The van der Waals surface area contributed by atoms with Gasteiger partial charge in [0.25, 0.3) is 0 Å². The van der Waals surface area contributed by atoms with Crippen molar-refractivity contribution >= 4 is 54.8 Å². The highest BCUT2D eigenvalue weighted by atomic mass is 35.5. The monoisotopic (exact) mass is 499 g/mol. The van der Waals surface area contributed by atoms with Gasteiger partial charge in [0.1, 0.15) is 5.82 Å². The largest absolute Gasteiger partial charge is 0.308 e. The molecule has 1 aromatic heterocycles. The number of aryl methyl sites for hydroxylation is 2. The number of hydrogen-bond donors (Lipinski definition) is 0. The summed E-state index contributed by atoms with van der Waals surface area (Å²) in [4.78, 5) is 21.3. The molecule has 0 atom stereocenters. The predicted molar refractivity (Wildman–Crippen MR) is 130 cm³/mol. The van der Waals surface area contributed by atoms with E-state index in [2.05, 4.69) is 4.98 Å². The van der Waals surface area contributed by atoms with E-state index in [1.165, 1.54) is 23.5 Å². The second-order valence-corrected chi connectivity index (χ2v) is 10.9. The van der Waals surface area contributed by atoms with E-state index in [9.17, 15) is 17.6 Å². The third kappa shape index (κ3) is 6.25. The minimum absolute atomic E-state index is 0. The van der Waals surface area contributed by atoms with Gasteiger partial charge in [-0.05, 0) is 69.4 Å². The zero-order chi connectivity index (χ0) is 22.8. The third-order valence-corrected chi connectivity index (χ3v) is 7.64. The average Bonchev–Trinajstić information content (AvgIpc) is 3.10. The summed E-state index contributed by atoms with van der Waals surface area (Å²) in [5, 5.41) is 0.565. The zero-order valence-electron chi connectivity index (χ0n) is 18.5. The van der Waals surface area contributed by atoms with E-state index in [0.717, 1.165) is 33.5 Å². The van der Waals surface area contributed by atoms with E-state index in [4.69, 9.17) is 0 Å². The van der Waals surface area contributed by atoms with Gasteiger partial charge >= 0.3 is 0 Å². The van der Waals surface area contributed by atoms with Crippen LogP contribution in [0.2, 0.25) is 0 Å². The third-order valence-electron chi connectivity index (χ3n) is 4.88. The van der Waals surface area contributed by atoms with Crippen LogP contribution in [-0.2, 0) is 14.6 Å². The Labute approximate surface area is 198 Å². The number of anilines is 1. The van der Waals surface area contributed by atoms with E-state index >= 15 is 0 Å². The number of hydrogen-bond acceptors (Lipinski definition) is 6. The number of benzene rings is 2. The molecule has 0 aliphatic carbocycles. The van der Waals surface area contributed by atoms with Gasteiger partial charge in [0, 0.05) is 19.5 Å². The molecule has 0 fully saturated rings. The molecule has 0 saturated carbocycles. The fraction of sp³-hybridized carbons (Fsp3) is 0.364. The molecular formula is C22H27ClFN3O3S2. The van der Waals surface area contributed by atoms with E-state index < -0.39 is 15.7 Å². The summed E-state index contributed by atoms with van der Waals surface area (Å²) in [6.45, 7) is 5.02. The van der Waals surface area contributed by atoms with Crippen LogP contribution in [0.3, 0.4) is 0 Å². The quantitative estimate of drug-likeness (QED) is 0.434. The molecule has 0 saturated heterocycles. The topological polar surface area (TPSA) is 70.6 Å². The number of amides is 1. The number of carbonyl (C=O) groups is 1.